The van der Waals surface area contributed by atoms with Gasteiger partial charge in [0.1, 0.15) is 10.7 Å². The molecule has 2 aromatic carbocycles. The number of amides is 1. The van der Waals surface area contributed by atoms with Gasteiger partial charge >= 0.3 is 0 Å². The number of nitrogens with zero attached hydrogens (tertiary/aromatic N) is 4. The molecule has 5 aromatic rings. The Morgan fingerprint density at radius 1 is 1.09 bits per heavy atom. The number of carbonyl (C=O) groups excluding carboxylic acids is 1. The molecule has 1 amide bonds. The molecule has 0 unspecified atom stereocenters. The second kappa shape index (κ2) is 8.63. The number of aromatic nitrogens is 4. The lowest BCUT2D eigenvalue weighted by Gasteiger charge is -2.05. The van der Waals surface area contributed by atoms with Crippen molar-refractivity contribution in [1.82, 2.24) is 24.6 Å². The molecule has 6 rings (SSSR count). The molecular formula is C27H23N5O2S. The molecule has 1 aliphatic rings. The number of para-hydroxylation sites is 1. The summed E-state index contributed by atoms with van der Waals surface area (Å²) in [7, 11) is 0. The van der Waals surface area contributed by atoms with E-state index in [-0.39, 0.29) is 11.5 Å². The maximum atomic E-state index is 13.2. The molecule has 0 saturated carbocycles. The zero-order valence-corrected chi connectivity index (χ0v) is 20.0. The third-order valence-corrected chi connectivity index (χ3v) is 7.60. The maximum absolute atomic E-state index is 13.2. The Kier molecular flexibility index (Phi) is 5.30. The van der Waals surface area contributed by atoms with Gasteiger partial charge < -0.3 is 5.32 Å². The van der Waals surface area contributed by atoms with Crippen molar-refractivity contribution < 1.29 is 4.79 Å². The first-order valence-electron chi connectivity index (χ1n) is 11.6. The highest BCUT2D eigenvalue weighted by Crippen LogP contribution is 2.29. The fourth-order valence-electron chi connectivity index (χ4n) is 4.64. The largest absolute Gasteiger partial charge is 0.347 e. The van der Waals surface area contributed by atoms with E-state index in [1.54, 1.807) is 4.57 Å². The van der Waals surface area contributed by atoms with Gasteiger partial charge in [-0.2, -0.15) is 5.10 Å². The fraction of sp³-hybridized carbons (Fsp3) is 0.185. The molecule has 0 atom stereocenters. The van der Waals surface area contributed by atoms with Gasteiger partial charge in [-0.25, -0.2) is 9.67 Å². The zero-order chi connectivity index (χ0) is 23.9. The highest BCUT2D eigenvalue weighted by Gasteiger charge is 2.23. The minimum atomic E-state index is -0.207. The number of benzene rings is 2. The zero-order valence-electron chi connectivity index (χ0n) is 19.2. The number of rotatable bonds is 5. The van der Waals surface area contributed by atoms with E-state index in [9.17, 15) is 9.59 Å². The van der Waals surface area contributed by atoms with Gasteiger partial charge in [0.15, 0.2) is 0 Å². The van der Waals surface area contributed by atoms with Gasteiger partial charge in [0.05, 0.1) is 21.6 Å². The number of hydrogen-bond donors (Lipinski definition) is 1. The van der Waals surface area contributed by atoms with Crippen molar-refractivity contribution in [3.63, 3.8) is 0 Å². The summed E-state index contributed by atoms with van der Waals surface area (Å²) in [6, 6.07) is 19.8. The standard InChI is InChI=1S/C27H23N5O2S/c1-17-22-26(29-21-13-8-14-31(21)27(22)34)35-24(17)25(33)28-15-19-16-32(20-11-6-3-7-12-20)30-23(19)18-9-4-2-5-10-18/h2-7,9-12,16H,8,13-15H2,1H3,(H,28,33). The molecule has 0 saturated heterocycles. The van der Waals surface area contributed by atoms with Gasteiger partial charge in [0, 0.05) is 36.8 Å². The molecule has 35 heavy (non-hydrogen) atoms. The smallest absolute Gasteiger partial charge is 0.262 e. The van der Waals surface area contributed by atoms with E-state index >= 15 is 0 Å². The number of fused-ring (bicyclic) bond motifs is 2. The Hall–Kier alpha value is -4.04. The quantitative estimate of drug-likeness (QED) is 0.401. The van der Waals surface area contributed by atoms with Crippen molar-refractivity contribution in [3.05, 3.63) is 99.0 Å². The van der Waals surface area contributed by atoms with Gasteiger partial charge in [-0.1, -0.05) is 48.5 Å². The summed E-state index contributed by atoms with van der Waals surface area (Å²) in [5.41, 5.74) is 4.32. The maximum Gasteiger partial charge on any atom is 0.262 e. The minimum Gasteiger partial charge on any atom is -0.347 e. The molecule has 3 aromatic heterocycles. The summed E-state index contributed by atoms with van der Waals surface area (Å²) >= 11 is 1.29. The highest BCUT2D eigenvalue weighted by atomic mass is 32.1. The normalized spacial score (nSPS) is 12.7. The van der Waals surface area contributed by atoms with E-state index in [0.717, 1.165) is 41.2 Å². The lowest BCUT2D eigenvalue weighted by Crippen LogP contribution is -2.23. The molecule has 8 heteroatoms. The van der Waals surface area contributed by atoms with Gasteiger partial charge in [-0.05, 0) is 31.0 Å². The third kappa shape index (κ3) is 3.76. The van der Waals surface area contributed by atoms with E-state index in [1.807, 2.05) is 78.5 Å². The molecule has 0 aliphatic carbocycles. The van der Waals surface area contributed by atoms with Crippen LogP contribution in [0.3, 0.4) is 0 Å². The van der Waals surface area contributed by atoms with Crippen LogP contribution in [0.15, 0.2) is 71.7 Å². The first-order valence-corrected chi connectivity index (χ1v) is 12.4. The Labute approximate surface area is 205 Å². The monoisotopic (exact) mass is 481 g/mol. The average molecular weight is 482 g/mol. The van der Waals surface area contributed by atoms with E-state index in [1.165, 1.54) is 11.3 Å². The summed E-state index contributed by atoms with van der Waals surface area (Å²) < 4.78 is 3.58. The van der Waals surface area contributed by atoms with Crippen molar-refractivity contribution in [2.24, 2.45) is 0 Å². The number of carbonyl (C=O) groups is 1. The van der Waals surface area contributed by atoms with Crippen LogP contribution >= 0.6 is 11.3 Å². The Bertz CT molecular complexity index is 1620. The average Bonchev–Trinajstić information content (AvgIpc) is 3.61. The first-order chi connectivity index (χ1) is 17.1. The molecular weight excluding hydrogens is 458 g/mol. The third-order valence-electron chi connectivity index (χ3n) is 6.42. The predicted molar refractivity (Wildman–Crippen MR) is 137 cm³/mol. The lowest BCUT2D eigenvalue weighted by atomic mass is 10.1. The van der Waals surface area contributed by atoms with Gasteiger partial charge in [0.2, 0.25) is 0 Å². The summed E-state index contributed by atoms with van der Waals surface area (Å²) in [5.74, 6) is 0.609. The molecule has 0 radical (unpaired) electrons. The number of aryl methyl sites for hydroxylation is 2. The molecule has 4 heterocycles. The van der Waals surface area contributed by atoms with Crippen LogP contribution in [0.25, 0.3) is 27.2 Å². The van der Waals surface area contributed by atoms with Crippen molar-refractivity contribution in [1.29, 1.82) is 0 Å². The summed E-state index contributed by atoms with van der Waals surface area (Å²) in [4.78, 5) is 32.1. The Morgan fingerprint density at radius 2 is 1.83 bits per heavy atom. The summed E-state index contributed by atoms with van der Waals surface area (Å²) in [6.07, 6.45) is 3.69. The lowest BCUT2D eigenvalue weighted by molar-refractivity contribution is 0.0954. The topological polar surface area (TPSA) is 81.8 Å². The molecule has 174 valence electrons. The Balaban J connectivity index is 1.32. The van der Waals surface area contributed by atoms with Crippen LogP contribution < -0.4 is 10.9 Å². The van der Waals surface area contributed by atoms with Crippen molar-refractivity contribution in [2.45, 2.75) is 32.9 Å². The molecule has 0 bridgehead atoms. The van der Waals surface area contributed by atoms with Crippen LogP contribution in [-0.4, -0.2) is 25.2 Å². The summed E-state index contributed by atoms with van der Waals surface area (Å²) in [5, 5.41) is 8.43. The van der Waals surface area contributed by atoms with E-state index in [2.05, 4.69) is 10.3 Å². The van der Waals surface area contributed by atoms with Crippen LogP contribution in [0.1, 0.15) is 33.0 Å². The SMILES string of the molecule is Cc1c(C(=O)NCc2cn(-c3ccccc3)nc2-c2ccccc2)sc2nc3n(c(=O)c12)CCC3. The molecule has 0 fully saturated rings. The van der Waals surface area contributed by atoms with Crippen LogP contribution in [-0.2, 0) is 19.5 Å². The van der Waals surface area contributed by atoms with Crippen LogP contribution in [0.2, 0.25) is 0 Å². The van der Waals surface area contributed by atoms with Crippen LogP contribution in [0.4, 0.5) is 0 Å². The Morgan fingerprint density at radius 3 is 2.60 bits per heavy atom. The van der Waals surface area contributed by atoms with E-state index in [4.69, 9.17) is 5.10 Å². The minimum absolute atomic E-state index is 0.0363. The van der Waals surface area contributed by atoms with Crippen molar-refractivity contribution in [3.8, 4) is 16.9 Å². The van der Waals surface area contributed by atoms with Gasteiger partial charge in [-0.3, -0.25) is 14.2 Å². The summed E-state index contributed by atoms with van der Waals surface area (Å²) in [6.45, 7) is 2.84. The second-order valence-electron chi connectivity index (χ2n) is 8.66. The first kappa shape index (κ1) is 21.5. The molecule has 1 N–H and O–H groups in total. The fourth-order valence-corrected chi connectivity index (χ4v) is 5.75. The molecule has 7 nitrogen and oxygen atoms in total. The highest BCUT2D eigenvalue weighted by molar-refractivity contribution is 7.20. The van der Waals surface area contributed by atoms with E-state index < -0.39 is 0 Å². The molecule has 0 spiro atoms. The predicted octanol–water partition coefficient (Wildman–Crippen LogP) is 4.50. The van der Waals surface area contributed by atoms with Gasteiger partial charge in [0.25, 0.3) is 11.5 Å². The van der Waals surface area contributed by atoms with E-state index in [0.29, 0.717) is 33.7 Å². The van der Waals surface area contributed by atoms with Crippen molar-refractivity contribution in [2.75, 3.05) is 0 Å². The number of nitrogens with one attached hydrogen (secondary N) is 1. The number of hydrogen-bond acceptors (Lipinski definition) is 5. The van der Waals surface area contributed by atoms with Crippen LogP contribution in [0.5, 0.6) is 0 Å². The van der Waals surface area contributed by atoms with Gasteiger partial charge in [-0.15, -0.1) is 11.3 Å². The molecule has 1 aliphatic heterocycles. The van der Waals surface area contributed by atoms with Crippen LogP contribution in [0, 0.1) is 6.92 Å². The van der Waals surface area contributed by atoms with Crippen molar-refractivity contribution >= 4 is 27.5 Å². The number of thiophene rings is 1. The second-order valence-corrected chi connectivity index (χ2v) is 9.66.